The number of nitrogens with zero attached hydrogens (tertiary/aromatic N) is 2. The number of imide groups is 1. The van der Waals surface area contributed by atoms with Crippen molar-refractivity contribution in [2.45, 2.75) is 20.1 Å². The van der Waals surface area contributed by atoms with Gasteiger partial charge in [0.15, 0.2) is 11.5 Å². The van der Waals surface area contributed by atoms with Gasteiger partial charge in [0, 0.05) is 17.2 Å². The van der Waals surface area contributed by atoms with Gasteiger partial charge in [0.2, 0.25) is 0 Å². The van der Waals surface area contributed by atoms with Crippen molar-refractivity contribution in [2.75, 3.05) is 6.61 Å². The van der Waals surface area contributed by atoms with E-state index in [4.69, 9.17) is 21.1 Å². The Labute approximate surface area is 216 Å². The third-order valence-corrected chi connectivity index (χ3v) is 6.39. The van der Waals surface area contributed by atoms with Gasteiger partial charge in [-0.05, 0) is 65.7 Å². The Morgan fingerprint density at radius 1 is 0.972 bits per heavy atom. The number of ether oxygens (including phenoxy) is 2. The Balaban J connectivity index is 1.48. The van der Waals surface area contributed by atoms with Crippen molar-refractivity contribution in [1.29, 1.82) is 0 Å². The van der Waals surface area contributed by atoms with Gasteiger partial charge in [-0.3, -0.25) is 24.6 Å². The summed E-state index contributed by atoms with van der Waals surface area (Å²) in [5, 5.41) is 11.1. The average molecular weight is 525 g/mol. The van der Waals surface area contributed by atoms with Crippen molar-refractivity contribution >= 4 is 46.3 Å². The number of carbonyl (C=O) groups is 2. The van der Waals surface area contributed by atoms with Gasteiger partial charge in [-0.2, -0.15) is 0 Å². The molecule has 0 spiro atoms. The van der Waals surface area contributed by atoms with Gasteiger partial charge < -0.3 is 9.47 Å². The first-order valence-electron chi connectivity index (χ1n) is 11.0. The number of nitro groups is 1. The predicted molar refractivity (Wildman–Crippen MR) is 138 cm³/mol. The molecule has 0 bridgehead atoms. The van der Waals surface area contributed by atoms with E-state index >= 15 is 0 Å². The van der Waals surface area contributed by atoms with Crippen LogP contribution in [0.4, 0.5) is 10.5 Å². The van der Waals surface area contributed by atoms with E-state index in [9.17, 15) is 19.7 Å². The molecule has 1 saturated heterocycles. The van der Waals surface area contributed by atoms with E-state index in [1.54, 1.807) is 36.4 Å². The lowest BCUT2D eigenvalue weighted by atomic mass is 10.1. The highest BCUT2D eigenvalue weighted by Gasteiger charge is 2.35. The first-order chi connectivity index (χ1) is 17.3. The number of non-ortho nitro benzene ring substituents is 1. The van der Waals surface area contributed by atoms with Gasteiger partial charge in [-0.15, -0.1) is 0 Å². The summed E-state index contributed by atoms with van der Waals surface area (Å²) in [5.41, 5.74) is 2.19. The molecule has 0 saturated carbocycles. The maximum absolute atomic E-state index is 12.9. The van der Waals surface area contributed by atoms with Crippen LogP contribution in [0.3, 0.4) is 0 Å². The summed E-state index contributed by atoms with van der Waals surface area (Å²) in [7, 11) is 0. The number of thioether (sulfide) groups is 1. The topological polar surface area (TPSA) is 99.0 Å². The van der Waals surface area contributed by atoms with Crippen LogP contribution < -0.4 is 9.47 Å². The quantitative estimate of drug-likeness (QED) is 0.180. The molecule has 36 heavy (non-hydrogen) atoms. The largest absolute Gasteiger partial charge is 0.490 e. The molecule has 8 nitrogen and oxygen atoms in total. The van der Waals surface area contributed by atoms with E-state index in [0.29, 0.717) is 40.9 Å². The zero-order valence-corrected chi connectivity index (χ0v) is 20.8. The number of amides is 2. The number of hydrogen-bond acceptors (Lipinski definition) is 7. The molecule has 0 N–H and O–H groups in total. The van der Waals surface area contributed by atoms with Crippen LogP contribution in [0.2, 0.25) is 5.02 Å². The first kappa shape index (κ1) is 25.3. The van der Waals surface area contributed by atoms with Crippen LogP contribution in [-0.2, 0) is 17.9 Å². The zero-order chi connectivity index (χ0) is 25.7. The molecular weight excluding hydrogens is 504 g/mol. The second-order valence-corrected chi connectivity index (χ2v) is 9.18. The SMILES string of the molecule is CCOc1cc(C=C2SC(=O)N(Cc3ccc([N+](=O)[O-])cc3)C2=O)ccc1OCc1ccc(Cl)cc1. The van der Waals surface area contributed by atoms with Gasteiger partial charge >= 0.3 is 0 Å². The van der Waals surface area contributed by atoms with E-state index in [1.807, 2.05) is 19.1 Å². The molecule has 1 heterocycles. The van der Waals surface area contributed by atoms with E-state index in [2.05, 4.69) is 0 Å². The molecule has 184 valence electrons. The summed E-state index contributed by atoms with van der Waals surface area (Å²) >= 11 is 6.77. The average Bonchev–Trinajstić information content (AvgIpc) is 3.12. The van der Waals surface area contributed by atoms with Crippen LogP contribution in [0, 0.1) is 10.1 Å². The van der Waals surface area contributed by atoms with Crippen molar-refractivity contribution in [1.82, 2.24) is 4.90 Å². The third kappa shape index (κ3) is 6.05. The van der Waals surface area contributed by atoms with Crippen LogP contribution >= 0.6 is 23.4 Å². The number of carbonyl (C=O) groups excluding carboxylic acids is 2. The summed E-state index contributed by atoms with van der Waals surface area (Å²) in [6.45, 7) is 2.64. The lowest BCUT2D eigenvalue weighted by Gasteiger charge is -2.13. The highest BCUT2D eigenvalue weighted by atomic mass is 35.5. The fourth-order valence-corrected chi connectivity index (χ4v) is 4.40. The van der Waals surface area contributed by atoms with Crippen molar-refractivity contribution in [3.05, 3.63) is 103 Å². The van der Waals surface area contributed by atoms with Crippen LogP contribution in [-0.4, -0.2) is 27.6 Å². The molecule has 2 amide bonds. The minimum Gasteiger partial charge on any atom is -0.490 e. The summed E-state index contributed by atoms with van der Waals surface area (Å²) in [5.74, 6) is 0.643. The minimum absolute atomic E-state index is 0.0294. The fourth-order valence-electron chi connectivity index (χ4n) is 3.44. The second-order valence-electron chi connectivity index (χ2n) is 7.75. The Morgan fingerprint density at radius 2 is 1.67 bits per heavy atom. The van der Waals surface area contributed by atoms with Crippen molar-refractivity contribution in [3.63, 3.8) is 0 Å². The highest BCUT2D eigenvalue weighted by Crippen LogP contribution is 2.35. The lowest BCUT2D eigenvalue weighted by molar-refractivity contribution is -0.384. The molecule has 4 rings (SSSR count). The predicted octanol–water partition coefficient (Wildman–Crippen LogP) is 6.46. The third-order valence-electron chi connectivity index (χ3n) is 5.23. The molecule has 1 aliphatic rings. The second kappa shape index (κ2) is 11.3. The van der Waals surface area contributed by atoms with Gasteiger partial charge in [-0.1, -0.05) is 41.9 Å². The normalized spacial score (nSPS) is 14.4. The van der Waals surface area contributed by atoms with Crippen LogP contribution in [0.25, 0.3) is 6.08 Å². The molecule has 0 radical (unpaired) electrons. The minimum atomic E-state index is -0.503. The molecule has 0 aromatic heterocycles. The number of halogens is 1. The number of nitro benzene ring substituents is 1. The smallest absolute Gasteiger partial charge is 0.293 e. The molecule has 1 fully saturated rings. The Kier molecular flexibility index (Phi) is 7.92. The number of rotatable bonds is 9. The van der Waals surface area contributed by atoms with Crippen LogP contribution in [0.15, 0.2) is 71.6 Å². The maximum atomic E-state index is 12.9. The molecule has 0 unspecified atom stereocenters. The monoisotopic (exact) mass is 524 g/mol. The first-order valence-corrected chi connectivity index (χ1v) is 12.2. The maximum Gasteiger partial charge on any atom is 0.293 e. The summed E-state index contributed by atoms with van der Waals surface area (Å²) < 4.78 is 11.7. The molecule has 0 aliphatic carbocycles. The van der Waals surface area contributed by atoms with Crippen molar-refractivity contribution in [3.8, 4) is 11.5 Å². The Hall–Kier alpha value is -3.82. The van der Waals surface area contributed by atoms with E-state index in [0.717, 1.165) is 22.2 Å². The molecule has 3 aromatic rings. The van der Waals surface area contributed by atoms with Crippen LogP contribution in [0.1, 0.15) is 23.6 Å². The summed E-state index contributed by atoms with van der Waals surface area (Å²) in [6, 6.07) is 18.4. The van der Waals surface area contributed by atoms with E-state index in [1.165, 1.54) is 24.3 Å². The Bertz CT molecular complexity index is 1330. The van der Waals surface area contributed by atoms with Gasteiger partial charge in [-0.25, -0.2) is 0 Å². The zero-order valence-electron chi connectivity index (χ0n) is 19.2. The molecule has 1 aliphatic heterocycles. The fraction of sp³-hybridized carbons (Fsp3) is 0.154. The number of hydrogen-bond donors (Lipinski definition) is 0. The molecule has 0 atom stereocenters. The van der Waals surface area contributed by atoms with Crippen LogP contribution in [0.5, 0.6) is 11.5 Å². The molecule has 3 aromatic carbocycles. The number of benzene rings is 3. The highest BCUT2D eigenvalue weighted by molar-refractivity contribution is 8.18. The summed E-state index contributed by atoms with van der Waals surface area (Å²) in [4.78, 5) is 37.1. The summed E-state index contributed by atoms with van der Waals surface area (Å²) in [6.07, 6.45) is 1.63. The Morgan fingerprint density at radius 3 is 2.33 bits per heavy atom. The van der Waals surface area contributed by atoms with E-state index in [-0.39, 0.29) is 17.1 Å². The van der Waals surface area contributed by atoms with E-state index < -0.39 is 16.1 Å². The van der Waals surface area contributed by atoms with Crippen molar-refractivity contribution in [2.24, 2.45) is 0 Å². The molecular formula is C26H21ClN2O6S. The van der Waals surface area contributed by atoms with Crippen molar-refractivity contribution < 1.29 is 24.0 Å². The van der Waals surface area contributed by atoms with Gasteiger partial charge in [0.1, 0.15) is 6.61 Å². The standard InChI is InChI=1S/C26H21ClN2O6S/c1-2-34-23-13-19(7-12-22(23)35-16-18-3-8-20(27)9-4-18)14-24-25(30)28(26(31)36-24)15-17-5-10-21(11-6-17)29(32)33/h3-14H,2,15-16H2,1H3. The molecule has 10 heteroatoms. The lowest BCUT2D eigenvalue weighted by Crippen LogP contribution is -2.27. The van der Waals surface area contributed by atoms with Gasteiger partial charge in [0.25, 0.3) is 16.8 Å². The van der Waals surface area contributed by atoms with Gasteiger partial charge in [0.05, 0.1) is 23.0 Å².